The van der Waals surface area contributed by atoms with E-state index in [1.165, 1.54) is 0 Å². The fraction of sp³-hybridized carbons (Fsp3) is 0.320. The molecule has 9 heteroatoms. The number of carbonyl (C=O) groups excluding carboxylic acids is 1. The molecule has 178 valence electrons. The molecule has 1 aromatic heterocycles. The fourth-order valence-corrected chi connectivity index (χ4v) is 4.04. The van der Waals surface area contributed by atoms with E-state index in [0.29, 0.717) is 25.4 Å². The first-order valence-corrected chi connectivity index (χ1v) is 11.2. The second-order valence-electron chi connectivity index (χ2n) is 8.18. The number of nitrogens with one attached hydrogen (secondary N) is 1. The van der Waals surface area contributed by atoms with Crippen molar-refractivity contribution in [3.63, 3.8) is 0 Å². The van der Waals surface area contributed by atoms with Gasteiger partial charge in [0.05, 0.1) is 11.6 Å². The molecule has 0 saturated heterocycles. The molecule has 34 heavy (non-hydrogen) atoms. The van der Waals surface area contributed by atoms with Crippen LogP contribution in [0.5, 0.6) is 5.75 Å². The lowest BCUT2D eigenvalue weighted by molar-refractivity contribution is 0.0933. The second kappa shape index (κ2) is 10.6. The minimum absolute atomic E-state index is 0.342. The predicted molar refractivity (Wildman–Crippen MR) is 123 cm³/mol. The van der Waals surface area contributed by atoms with E-state index >= 15 is 0 Å². The molecule has 1 unspecified atom stereocenters. The van der Waals surface area contributed by atoms with Gasteiger partial charge in [-0.2, -0.15) is 0 Å². The first-order valence-electron chi connectivity index (χ1n) is 11.2. The molecule has 1 aliphatic rings. The lowest BCUT2D eigenvalue weighted by Crippen LogP contribution is -2.30. The number of fused-ring (bicyclic) bond motifs is 1. The molecule has 0 aliphatic carbocycles. The lowest BCUT2D eigenvalue weighted by Gasteiger charge is -2.21. The zero-order valence-electron chi connectivity index (χ0n) is 19.0. The van der Waals surface area contributed by atoms with Gasteiger partial charge in [-0.05, 0) is 31.2 Å². The SMILES string of the molecule is C=CCOc1ccccc1CN1CCc2nnc(C(C)NC(=O)c3cc(F)ccc3F)n2CC1. The smallest absolute Gasteiger partial charge is 0.254 e. The van der Waals surface area contributed by atoms with E-state index in [-0.39, 0.29) is 5.56 Å². The quantitative estimate of drug-likeness (QED) is 0.512. The zero-order valence-corrected chi connectivity index (χ0v) is 19.0. The van der Waals surface area contributed by atoms with Crippen LogP contribution in [0.2, 0.25) is 0 Å². The molecule has 0 fully saturated rings. The summed E-state index contributed by atoms with van der Waals surface area (Å²) >= 11 is 0. The van der Waals surface area contributed by atoms with Gasteiger partial charge in [-0.1, -0.05) is 30.9 Å². The van der Waals surface area contributed by atoms with Crippen LogP contribution in [0.25, 0.3) is 0 Å². The Labute approximate surface area is 197 Å². The molecular formula is C25H27F2N5O2. The third-order valence-corrected chi connectivity index (χ3v) is 5.78. The monoisotopic (exact) mass is 467 g/mol. The summed E-state index contributed by atoms with van der Waals surface area (Å²) < 4.78 is 35.2. The van der Waals surface area contributed by atoms with Gasteiger partial charge in [-0.25, -0.2) is 8.78 Å². The first-order chi connectivity index (χ1) is 16.5. The number of hydrogen-bond acceptors (Lipinski definition) is 5. The molecule has 1 atom stereocenters. The van der Waals surface area contributed by atoms with Gasteiger partial charge in [0, 0.05) is 38.2 Å². The van der Waals surface area contributed by atoms with E-state index in [2.05, 4.69) is 33.1 Å². The van der Waals surface area contributed by atoms with Crippen LogP contribution in [-0.2, 0) is 19.5 Å². The average molecular weight is 468 g/mol. The number of carbonyl (C=O) groups is 1. The predicted octanol–water partition coefficient (Wildman–Crippen LogP) is 3.67. The highest BCUT2D eigenvalue weighted by Crippen LogP contribution is 2.22. The molecule has 4 rings (SSSR count). The van der Waals surface area contributed by atoms with Crippen molar-refractivity contribution in [3.05, 3.63) is 89.5 Å². The molecule has 2 aromatic carbocycles. The van der Waals surface area contributed by atoms with Crippen molar-refractivity contribution >= 4 is 5.91 Å². The number of ether oxygens (including phenoxy) is 1. The highest BCUT2D eigenvalue weighted by atomic mass is 19.1. The van der Waals surface area contributed by atoms with Gasteiger partial charge >= 0.3 is 0 Å². The Kier molecular flexibility index (Phi) is 7.32. The number of aromatic nitrogens is 3. The molecule has 0 saturated carbocycles. The minimum atomic E-state index is -0.779. The first kappa shape index (κ1) is 23.6. The third kappa shape index (κ3) is 5.31. The van der Waals surface area contributed by atoms with Crippen LogP contribution in [0.3, 0.4) is 0 Å². The number of amides is 1. The second-order valence-corrected chi connectivity index (χ2v) is 8.18. The maximum Gasteiger partial charge on any atom is 0.254 e. The number of halogens is 2. The summed E-state index contributed by atoms with van der Waals surface area (Å²) in [6.45, 7) is 8.83. The van der Waals surface area contributed by atoms with E-state index in [1.54, 1.807) is 13.0 Å². The van der Waals surface area contributed by atoms with Crippen LogP contribution in [0.1, 0.15) is 40.5 Å². The third-order valence-electron chi connectivity index (χ3n) is 5.78. The van der Waals surface area contributed by atoms with E-state index in [1.807, 2.05) is 22.8 Å². The van der Waals surface area contributed by atoms with Gasteiger partial charge in [-0.3, -0.25) is 9.69 Å². The normalized spacial score (nSPS) is 14.7. The highest BCUT2D eigenvalue weighted by molar-refractivity contribution is 5.94. The molecule has 1 aliphatic heterocycles. The Morgan fingerprint density at radius 3 is 2.85 bits per heavy atom. The van der Waals surface area contributed by atoms with Crippen LogP contribution in [0, 0.1) is 11.6 Å². The van der Waals surface area contributed by atoms with Gasteiger partial charge in [0.2, 0.25) is 0 Å². The number of rotatable bonds is 8. The molecule has 0 bridgehead atoms. The Morgan fingerprint density at radius 1 is 1.21 bits per heavy atom. The van der Waals surface area contributed by atoms with E-state index in [9.17, 15) is 13.6 Å². The molecule has 3 aromatic rings. The standard InChI is InChI=1S/C25H27F2N5O2/c1-3-14-34-22-7-5-4-6-18(22)16-31-11-10-23-29-30-24(32(23)13-12-31)17(2)28-25(33)20-15-19(26)8-9-21(20)27/h3-9,15,17H,1,10-14,16H2,2H3,(H,28,33). The Morgan fingerprint density at radius 2 is 2.03 bits per heavy atom. The topological polar surface area (TPSA) is 72.3 Å². The summed E-state index contributed by atoms with van der Waals surface area (Å²) in [5, 5.41) is 11.3. The summed E-state index contributed by atoms with van der Waals surface area (Å²) in [5.74, 6) is 0.0932. The molecule has 7 nitrogen and oxygen atoms in total. The number of nitrogens with zero attached hydrogens (tertiary/aromatic N) is 4. The number of para-hydroxylation sites is 1. The zero-order chi connectivity index (χ0) is 24.1. The Balaban J connectivity index is 1.43. The summed E-state index contributed by atoms with van der Waals surface area (Å²) in [6.07, 6.45) is 2.42. The van der Waals surface area contributed by atoms with E-state index in [0.717, 1.165) is 55.0 Å². The van der Waals surface area contributed by atoms with Gasteiger partial charge in [0.25, 0.3) is 5.91 Å². The van der Waals surface area contributed by atoms with Gasteiger partial charge in [0.1, 0.15) is 29.8 Å². The lowest BCUT2D eigenvalue weighted by atomic mass is 10.1. The molecule has 0 spiro atoms. The van der Waals surface area contributed by atoms with Crippen molar-refractivity contribution in [1.82, 2.24) is 25.0 Å². The largest absolute Gasteiger partial charge is 0.489 e. The van der Waals surface area contributed by atoms with Crippen molar-refractivity contribution in [3.8, 4) is 5.75 Å². The van der Waals surface area contributed by atoms with Crippen LogP contribution in [0.15, 0.2) is 55.1 Å². The van der Waals surface area contributed by atoms with Crippen LogP contribution < -0.4 is 10.1 Å². The minimum Gasteiger partial charge on any atom is -0.489 e. The summed E-state index contributed by atoms with van der Waals surface area (Å²) in [6, 6.07) is 10.2. The van der Waals surface area contributed by atoms with Crippen molar-refractivity contribution in [2.75, 3.05) is 19.7 Å². The Hall–Kier alpha value is -3.59. The molecule has 2 heterocycles. The van der Waals surface area contributed by atoms with Crippen molar-refractivity contribution < 1.29 is 18.3 Å². The van der Waals surface area contributed by atoms with Gasteiger partial charge in [-0.15, -0.1) is 10.2 Å². The van der Waals surface area contributed by atoms with Crippen LogP contribution >= 0.6 is 0 Å². The molecular weight excluding hydrogens is 440 g/mol. The Bertz CT molecular complexity index is 1180. The molecule has 1 N–H and O–H groups in total. The van der Waals surface area contributed by atoms with Crippen molar-refractivity contribution in [2.24, 2.45) is 0 Å². The molecule has 1 amide bonds. The summed E-state index contributed by atoms with van der Waals surface area (Å²) in [4.78, 5) is 14.8. The number of benzene rings is 2. The number of hydrogen-bond donors (Lipinski definition) is 1. The van der Waals surface area contributed by atoms with E-state index in [4.69, 9.17) is 4.74 Å². The van der Waals surface area contributed by atoms with E-state index < -0.39 is 23.6 Å². The van der Waals surface area contributed by atoms with Crippen LogP contribution in [-0.4, -0.2) is 45.3 Å². The highest BCUT2D eigenvalue weighted by Gasteiger charge is 2.24. The fourth-order valence-electron chi connectivity index (χ4n) is 4.04. The van der Waals surface area contributed by atoms with Gasteiger partial charge < -0.3 is 14.6 Å². The maximum absolute atomic E-state index is 14.0. The molecule has 0 radical (unpaired) electrons. The van der Waals surface area contributed by atoms with Crippen LogP contribution in [0.4, 0.5) is 8.78 Å². The van der Waals surface area contributed by atoms with Gasteiger partial charge in [0.15, 0.2) is 5.82 Å². The van der Waals surface area contributed by atoms with Crippen molar-refractivity contribution in [1.29, 1.82) is 0 Å². The average Bonchev–Trinajstić information content (AvgIpc) is 3.14. The van der Waals surface area contributed by atoms with Crippen molar-refractivity contribution in [2.45, 2.75) is 32.5 Å². The summed E-state index contributed by atoms with van der Waals surface area (Å²) in [7, 11) is 0. The maximum atomic E-state index is 14.0. The summed E-state index contributed by atoms with van der Waals surface area (Å²) in [5.41, 5.74) is 0.756.